The topological polar surface area (TPSA) is 69.6 Å². The molecule has 2 amide bonds. The van der Waals surface area contributed by atoms with Gasteiger partial charge in [0.2, 0.25) is 0 Å². The van der Waals surface area contributed by atoms with Gasteiger partial charge in [0, 0.05) is 31.6 Å². The van der Waals surface area contributed by atoms with Crippen molar-refractivity contribution < 1.29 is 14.7 Å². The lowest BCUT2D eigenvalue weighted by Crippen LogP contribution is -2.41. The molecule has 0 aromatic heterocycles. The van der Waals surface area contributed by atoms with Crippen molar-refractivity contribution in [2.45, 2.75) is 12.7 Å². The molecule has 0 aliphatic carbocycles. The summed E-state index contributed by atoms with van der Waals surface area (Å²) in [5.74, 6) is 0.224. The van der Waals surface area contributed by atoms with Gasteiger partial charge in [0.25, 0.3) is 0 Å². The van der Waals surface area contributed by atoms with E-state index in [1.807, 2.05) is 12.1 Å². The molecule has 0 bridgehead atoms. The van der Waals surface area contributed by atoms with E-state index < -0.39 is 11.9 Å². The maximum atomic E-state index is 11.9. The first kappa shape index (κ1) is 19.1. The van der Waals surface area contributed by atoms with Crippen LogP contribution in [-0.4, -0.2) is 47.9 Å². The van der Waals surface area contributed by atoms with Gasteiger partial charge in [-0.1, -0.05) is 49.4 Å². The highest BCUT2D eigenvalue weighted by Gasteiger charge is 2.16. The third-order valence-corrected chi connectivity index (χ3v) is 4.98. The quantitative estimate of drug-likeness (QED) is 0.708. The van der Waals surface area contributed by atoms with E-state index >= 15 is 0 Å². The van der Waals surface area contributed by atoms with Gasteiger partial charge in [-0.25, -0.2) is 4.79 Å². The number of aliphatic carboxylic acids is 1. The summed E-state index contributed by atoms with van der Waals surface area (Å²) in [5.41, 5.74) is 1.29. The van der Waals surface area contributed by atoms with Crippen LogP contribution in [0.5, 0.6) is 0 Å². The fourth-order valence-electron chi connectivity index (χ4n) is 2.54. The van der Waals surface area contributed by atoms with Crippen LogP contribution in [0.3, 0.4) is 0 Å². The van der Waals surface area contributed by atoms with Crippen molar-refractivity contribution in [2.24, 2.45) is 5.92 Å². The van der Waals surface area contributed by atoms with E-state index in [1.54, 1.807) is 25.7 Å². The molecule has 0 saturated carbocycles. The van der Waals surface area contributed by atoms with Gasteiger partial charge >= 0.3 is 12.0 Å². The normalized spacial score (nSPS) is 11.9. The van der Waals surface area contributed by atoms with Gasteiger partial charge in [-0.15, -0.1) is 0 Å². The van der Waals surface area contributed by atoms with Crippen molar-refractivity contribution in [3.05, 3.63) is 48.0 Å². The summed E-state index contributed by atoms with van der Waals surface area (Å²) in [6.07, 6.45) is 0. The monoisotopic (exact) mass is 360 g/mol. The third kappa shape index (κ3) is 5.67. The summed E-state index contributed by atoms with van der Waals surface area (Å²) < 4.78 is 0. The second kappa shape index (κ2) is 9.32. The molecule has 0 saturated heterocycles. The first-order chi connectivity index (χ1) is 12.0. The molecule has 2 aromatic rings. The van der Waals surface area contributed by atoms with Crippen LogP contribution in [0, 0.1) is 5.92 Å². The lowest BCUT2D eigenvalue weighted by molar-refractivity contribution is -0.141. The summed E-state index contributed by atoms with van der Waals surface area (Å²) in [6.45, 7) is 2.34. The number of nitrogens with zero attached hydrogens (tertiary/aromatic N) is 1. The van der Waals surface area contributed by atoms with Crippen LogP contribution in [-0.2, 0) is 10.5 Å². The van der Waals surface area contributed by atoms with Gasteiger partial charge in [-0.2, -0.15) is 11.8 Å². The number of hydrogen-bond acceptors (Lipinski definition) is 3. The number of rotatable bonds is 8. The summed E-state index contributed by atoms with van der Waals surface area (Å²) in [5, 5.41) is 14.2. The van der Waals surface area contributed by atoms with Crippen molar-refractivity contribution in [3.8, 4) is 0 Å². The molecule has 25 heavy (non-hydrogen) atoms. The molecule has 6 heteroatoms. The van der Waals surface area contributed by atoms with E-state index in [-0.39, 0.29) is 12.6 Å². The molecule has 1 atom stereocenters. The van der Waals surface area contributed by atoms with Crippen LogP contribution in [0.25, 0.3) is 10.8 Å². The Kier molecular flexibility index (Phi) is 7.13. The lowest BCUT2D eigenvalue weighted by Gasteiger charge is -2.19. The summed E-state index contributed by atoms with van der Waals surface area (Å²) in [6, 6.07) is 14.4. The number of benzene rings is 2. The smallest absolute Gasteiger partial charge is 0.317 e. The molecule has 2 N–H and O–H groups in total. The van der Waals surface area contributed by atoms with Crippen molar-refractivity contribution >= 4 is 34.5 Å². The number of carbonyl (C=O) groups excluding carboxylic acids is 1. The van der Waals surface area contributed by atoms with Gasteiger partial charge in [0.05, 0.1) is 5.92 Å². The number of hydrogen-bond donors (Lipinski definition) is 2. The number of carbonyl (C=O) groups is 2. The average molecular weight is 360 g/mol. The average Bonchev–Trinajstić information content (AvgIpc) is 2.61. The first-order valence-corrected chi connectivity index (χ1v) is 9.40. The predicted octanol–water partition coefficient (Wildman–Crippen LogP) is 3.44. The van der Waals surface area contributed by atoms with E-state index in [1.165, 1.54) is 21.2 Å². The molecule has 5 nitrogen and oxygen atoms in total. The molecule has 0 heterocycles. The maximum Gasteiger partial charge on any atom is 0.317 e. The second-order valence-electron chi connectivity index (χ2n) is 6.04. The van der Waals surface area contributed by atoms with Gasteiger partial charge in [0.1, 0.15) is 0 Å². The fourth-order valence-corrected chi connectivity index (χ4v) is 3.40. The molecule has 2 rings (SSSR count). The van der Waals surface area contributed by atoms with Crippen molar-refractivity contribution in [2.75, 3.05) is 25.9 Å². The molecular weight excluding hydrogens is 336 g/mol. The summed E-state index contributed by atoms with van der Waals surface area (Å²) >= 11 is 1.77. The molecule has 0 aliphatic heterocycles. The number of carboxylic acids is 1. The number of urea groups is 1. The van der Waals surface area contributed by atoms with Crippen molar-refractivity contribution in [1.82, 2.24) is 10.2 Å². The molecule has 1 unspecified atom stereocenters. The number of thioether (sulfide) groups is 1. The van der Waals surface area contributed by atoms with Crippen LogP contribution >= 0.6 is 11.8 Å². The number of amides is 2. The SMILES string of the molecule is CC(CN(C)C(=O)NCCSCc1cccc2ccccc12)C(=O)O. The Hall–Kier alpha value is -2.21. The highest BCUT2D eigenvalue weighted by Crippen LogP contribution is 2.22. The zero-order valence-corrected chi connectivity index (χ0v) is 15.4. The summed E-state index contributed by atoms with van der Waals surface area (Å²) in [4.78, 5) is 24.2. The molecule has 2 aromatic carbocycles. The second-order valence-corrected chi connectivity index (χ2v) is 7.15. The molecule has 0 spiro atoms. The minimum Gasteiger partial charge on any atom is -0.481 e. The van der Waals surface area contributed by atoms with Gasteiger partial charge in [-0.05, 0) is 16.3 Å². The molecule has 0 radical (unpaired) electrons. The summed E-state index contributed by atoms with van der Waals surface area (Å²) in [7, 11) is 1.61. The van der Waals surface area contributed by atoms with Crippen LogP contribution in [0.4, 0.5) is 4.79 Å². The van der Waals surface area contributed by atoms with E-state index in [4.69, 9.17) is 5.11 Å². The Morgan fingerprint density at radius 1 is 1.20 bits per heavy atom. The van der Waals surface area contributed by atoms with E-state index in [0.29, 0.717) is 6.54 Å². The molecule has 0 aliphatic rings. The van der Waals surface area contributed by atoms with Crippen LogP contribution in [0.15, 0.2) is 42.5 Å². The Labute approximate surface area is 152 Å². The van der Waals surface area contributed by atoms with Gasteiger partial charge < -0.3 is 15.3 Å². The van der Waals surface area contributed by atoms with Gasteiger partial charge in [-0.3, -0.25) is 4.79 Å². The minimum atomic E-state index is -0.898. The van der Waals surface area contributed by atoms with Gasteiger partial charge in [0.15, 0.2) is 0 Å². The molecular formula is C19H24N2O3S. The zero-order chi connectivity index (χ0) is 18.2. The Morgan fingerprint density at radius 3 is 2.68 bits per heavy atom. The number of carboxylic acid groups (broad SMARTS) is 1. The number of nitrogens with one attached hydrogen (secondary N) is 1. The Bertz CT molecular complexity index is 730. The van der Waals surface area contributed by atoms with Crippen molar-refractivity contribution in [3.63, 3.8) is 0 Å². The van der Waals surface area contributed by atoms with Crippen LogP contribution < -0.4 is 5.32 Å². The number of fused-ring (bicyclic) bond motifs is 1. The van der Waals surface area contributed by atoms with E-state index in [0.717, 1.165) is 11.5 Å². The Balaban J connectivity index is 1.72. The minimum absolute atomic E-state index is 0.199. The Morgan fingerprint density at radius 2 is 1.92 bits per heavy atom. The molecule has 134 valence electrons. The fraction of sp³-hybridized carbons (Fsp3) is 0.368. The third-order valence-electron chi connectivity index (χ3n) is 3.98. The zero-order valence-electron chi connectivity index (χ0n) is 14.6. The molecule has 0 fully saturated rings. The highest BCUT2D eigenvalue weighted by atomic mass is 32.2. The predicted molar refractivity (Wildman–Crippen MR) is 103 cm³/mol. The first-order valence-electron chi connectivity index (χ1n) is 8.25. The standard InChI is InChI=1S/C19H24N2O3S/c1-14(18(22)23)12-21(2)19(24)20-10-11-25-13-16-8-5-7-15-6-3-4-9-17(15)16/h3-9,14H,10-13H2,1-2H3,(H,20,24)(H,22,23). The highest BCUT2D eigenvalue weighted by molar-refractivity contribution is 7.98. The van der Waals surface area contributed by atoms with E-state index in [9.17, 15) is 9.59 Å². The maximum absolute atomic E-state index is 11.9. The van der Waals surface area contributed by atoms with Crippen LogP contribution in [0.1, 0.15) is 12.5 Å². The van der Waals surface area contributed by atoms with Crippen molar-refractivity contribution in [1.29, 1.82) is 0 Å². The van der Waals surface area contributed by atoms with E-state index in [2.05, 4.69) is 35.6 Å². The lowest BCUT2D eigenvalue weighted by atomic mass is 10.1. The van der Waals surface area contributed by atoms with Crippen LogP contribution in [0.2, 0.25) is 0 Å². The largest absolute Gasteiger partial charge is 0.481 e.